The number of carboxylic acids is 1. The van der Waals surface area contributed by atoms with Crippen LogP contribution in [0.4, 0.5) is 0 Å². The molecule has 0 saturated carbocycles. The van der Waals surface area contributed by atoms with Gasteiger partial charge in [-0.25, -0.2) is 8.42 Å². The van der Waals surface area contributed by atoms with Gasteiger partial charge in [0.25, 0.3) is 9.05 Å². The highest BCUT2D eigenvalue weighted by molar-refractivity contribution is 8.13. The number of carbonyl (C=O) groups is 1. The van der Waals surface area contributed by atoms with Gasteiger partial charge in [0.2, 0.25) is 0 Å². The molecule has 1 aromatic carbocycles. The van der Waals surface area contributed by atoms with Crippen molar-refractivity contribution < 1.29 is 18.3 Å². The minimum Gasteiger partial charge on any atom is -0.481 e. The molecular weight excluding hydrogens is 264 g/mol. The van der Waals surface area contributed by atoms with Crippen molar-refractivity contribution in [2.45, 2.75) is 30.6 Å². The summed E-state index contributed by atoms with van der Waals surface area (Å²) in [6, 6.07) is 6.29. The van der Waals surface area contributed by atoms with E-state index in [9.17, 15) is 13.2 Å². The van der Waals surface area contributed by atoms with Crippen LogP contribution in [0.2, 0.25) is 0 Å². The fourth-order valence-corrected chi connectivity index (χ4v) is 2.19. The van der Waals surface area contributed by atoms with Crippen molar-refractivity contribution in [3.63, 3.8) is 0 Å². The van der Waals surface area contributed by atoms with Crippen LogP contribution < -0.4 is 0 Å². The van der Waals surface area contributed by atoms with Crippen LogP contribution in [-0.4, -0.2) is 19.5 Å². The zero-order chi connectivity index (χ0) is 12.9. The molecule has 0 fully saturated rings. The summed E-state index contributed by atoms with van der Waals surface area (Å²) in [6.45, 7) is 0. The molecule has 1 N–H and O–H groups in total. The molecule has 0 aliphatic carbocycles. The van der Waals surface area contributed by atoms with Crippen molar-refractivity contribution in [2.24, 2.45) is 0 Å². The van der Waals surface area contributed by atoms with Crippen LogP contribution >= 0.6 is 10.7 Å². The normalized spacial score (nSPS) is 11.4. The Labute approximate surface area is 105 Å². The van der Waals surface area contributed by atoms with Crippen LogP contribution in [0.1, 0.15) is 24.8 Å². The van der Waals surface area contributed by atoms with Crippen LogP contribution in [0.3, 0.4) is 0 Å². The molecule has 17 heavy (non-hydrogen) atoms. The Morgan fingerprint density at radius 1 is 1.18 bits per heavy atom. The van der Waals surface area contributed by atoms with Gasteiger partial charge in [-0.3, -0.25) is 4.79 Å². The van der Waals surface area contributed by atoms with Gasteiger partial charge < -0.3 is 5.11 Å². The van der Waals surface area contributed by atoms with Crippen LogP contribution in [0.15, 0.2) is 29.2 Å². The highest BCUT2D eigenvalue weighted by atomic mass is 35.7. The van der Waals surface area contributed by atoms with Gasteiger partial charge in [0.15, 0.2) is 0 Å². The third-order valence-electron chi connectivity index (χ3n) is 2.31. The number of halogens is 1. The summed E-state index contributed by atoms with van der Waals surface area (Å²) >= 11 is 0. The molecule has 0 heterocycles. The Bertz CT molecular complexity index is 479. The van der Waals surface area contributed by atoms with Gasteiger partial charge in [0, 0.05) is 17.1 Å². The van der Waals surface area contributed by atoms with Gasteiger partial charge in [-0.2, -0.15) is 0 Å². The van der Waals surface area contributed by atoms with Crippen molar-refractivity contribution in [1.29, 1.82) is 0 Å². The highest BCUT2D eigenvalue weighted by Crippen LogP contribution is 2.16. The van der Waals surface area contributed by atoms with E-state index in [1.54, 1.807) is 12.1 Å². The van der Waals surface area contributed by atoms with Crippen LogP contribution in [0.25, 0.3) is 0 Å². The van der Waals surface area contributed by atoms with Crippen molar-refractivity contribution in [1.82, 2.24) is 0 Å². The topological polar surface area (TPSA) is 71.4 Å². The van der Waals surface area contributed by atoms with Crippen molar-refractivity contribution in [3.05, 3.63) is 29.8 Å². The molecule has 0 aromatic heterocycles. The largest absolute Gasteiger partial charge is 0.481 e. The summed E-state index contributed by atoms with van der Waals surface area (Å²) in [7, 11) is 1.52. The van der Waals surface area contributed by atoms with Gasteiger partial charge in [-0.15, -0.1) is 0 Å². The molecule has 0 bridgehead atoms. The first-order chi connectivity index (χ1) is 7.89. The van der Waals surface area contributed by atoms with E-state index in [0.29, 0.717) is 6.42 Å². The molecular formula is C11H13ClO4S. The first-order valence-electron chi connectivity index (χ1n) is 5.15. The lowest BCUT2D eigenvalue weighted by Gasteiger charge is -2.01. The van der Waals surface area contributed by atoms with Crippen molar-refractivity contribution in [2.75, 3.05) is 0 Å². The minimum absolute atomic E-state index is 0.0773. The van der Waals surface area contributed by atoms with E-state index < -0.39 is 15.0 Å². The summed E-state index contributed by atoms with van der Waals surface area (Å²) in [5, 5.41) is 8.46. The van der Waals surface area contributed by atoms with E-state index in [1.807, 2.05) is 0 Å². The molecule has 4 nitrogen and oxygen atoms in total. The van der Waals surface area contributed by atoms with Crippen LogP contribution in [0, 0.1) is 0 Å². The minimum atomic E-state index is -3.66. The first-order valence-corrected chi connectivity index (χ1v) is 7.46. The molecule has 6 heteroatoms. The molecule has 0 saturated heterocycles. The molecule has 94 valence electrons. The zero-order valence-electron chi connectivity index (χ0n) is 9.10. The molecule has 0 spiro atoms. The Balaban J connectivity index is 2.49. The standard InChI is InChI=1S/C11H13ClO4S/c12-17(15,16)10-7-5-9(6-8-10)3-1-2-4-11(13)14/h5-8H,1-4H2,(H,13,14). The number of benzene rings is 1. The molecule has 0 radical (unpaired) electrons. The van der Waals surface area contributed by atoms with E-state index >= 15 is 0 Å². The van der Waals surface area contributed by atoms with E-state index in [1.165, 1.54) is 12.1 Å². The fraction of sp³-hybridized carbons (Fsp3) is 0.364. The van der Waals surface area contributed by atoms with Crippen molar-refractivity contribution in [3.8, 4) is 0 Å². The number of carboxylic acid groups (broad SMARTS) is 1. The predicted molar refractivity (Wildman–Crippen MR) is 64.7 cm³/mol. The molecule has 0 amide bonds. The maximum Gasteiger partial charge on any atom is 0.303 e. The second-order valence-electron chi connectivity index (χ2n) is 3.68. The lowest BCUT2D eigenvalue weighted by atomic mass is 10.1. The Morgan fingerprint density at radius 3 is 2.24 bits per heavy atom. The number of hydrogen-bond donors (Lipinski definition) is 1. The van der Waals surface area contributed by atoms with Gasteiger partial charge in [0.1, 0.15) is 0 Å². The van der Waals surface area contributed by atoms with E-state index in [-0.39, 0.29) is 11.3 Å². The number of rotatable bonds is 6. The Kier molecular flexibility index (Phi) is 4.96. The molecule has 1 aromatic rings. The number of hydrogen-bond acceptors (Lipinski definition) is 3. The first kappa shape index (κ1) is 14.0. The molecule has 0 atom stereocenters. The summed E-state index contributed by atoms with van der Waals surface area (Å²) in [4.78, 5) is 10.4. The quantitative estimate of drug-likeness (QED) is 0.640. The van der Waals surface area contributed by atoms with Gasteiger partial charge >= 0.3 is 5.97 Å². The van der Waals surface area contributed by atoms with E-state index in [4.69, 9.17) is 15.8 Å². The predicted octanol–water partition coefficient (Wildman–Crippen LogP) is 2.41. The zero-order valence-corrected chi connectivity index (χ0v) is 10.7. The molecule has 0 aliphatic heterocycles. The molecule has 1 rings (SSSR count). The molecule has 0 unspecified atom stereocenters. The number of aryl methyl sites for hydroxylation is 1. The Hall–Kier alpha value is -1.07. The lowest BCUT2D eigenvalue weighted by Crippen LogP contribution is -1.95. The second kappa shape index (κ2) is 6.02. The van der Waals surface area contributed by atoms with Gasteiger partial charge in [-0.1, -0.05) is 12.1 Å². The fourth-order valence-electron chi connectivity index (χ4n) is 1.42. The summed E-state index contributed by atoms with van der Waals surface area (Å²) in [5.74, 6) is -0.798. The second-order valence-corrected chi connectivity index (χ2v) is 6.25. The van der Waals surface area contributed by atoms with Crippen LogP contribution in [-0.2, 0) is 20.3 Å². The Morgan fingerprint density at radius 2 is 1.76 bits per heavy atom. The van der Waals surface area contributed by atoms with Gasteiger partial charge in [0.05, 0.1) is 4.90 Å². The summed E-state index contributed by atoms with van der Waals surface area (Å²) in [5.41, 5.74) is 0.972. The van der Waals surface area contributed by atoms with E-state index in [0.717, 1.165) is 18.4 Å². The lowest BCUT2D eigenvalue weighted by molar-refractivity contribution is -0.137. The van der Waals surface area contributed by atoms with E-state index in [2.05, 4.69) is 0 Å². The molecule has 0 aliphatic rings. The monoisotopic (exact) mass is 276 g/mol. The third kappa shape index (κ3) is 5.19. The average Bonchev–Trinajstić information content (AvgIpc) is 2.23. The summed E-state index contributed by atoms with van der Waals surface area (Å²) in [6.07, 6.45) is 2.27. The number of unbranched alkanes of at least 4 members (excludes halogenated alkanes) is 1. The average molecular weight is 277 g/mol. The highest BCUT2D eigenvalue weighted by Gasteiger charge is 2.08. The van der Waals surface area contributed by atoms with Crippen molar-refractivity contribution >= 4 is 25.7 Å². The number of aliphatic carboxylic acids is 1. The maximum atomic E-state index is 11.0. The SMILES string of the molecule is O=C(O)CCCCc1ccc(S(=O)(=O)Cl)cc1. The third-order valence-corrected chi connectivity index (χ3v) is 3.68. The maximum absolute atomic E-state index is 11.0. The van der Waals surface area contributed by atoms with Gasteiger partial charge in [-0.05, 0) is 37.0 Å². The summed E-state index contributed by atoms with van der Waals surface area (Å²) < 4.78 is 22.0. The van der Waals surface area contributed by atoms with Crippen LogP contribution in [0.5, 0.6) is 0 Å². The smallest absolute Gasteiger partial charge is 0.303 e.